The Kier molecular flexibility index (Phi) is 8.90. The standard InChI is InChI=1S/C34H34O7/c1-35-27-17-19-28(20-18-27)39-34-32(37-22-25-13-7-3-8-14-25)31(36-21-24-11-5-2-6-12-24)30-29(40-34)23-38-33(41-30)26-15-9-4-10-16-26/h2-20,29-34H,21-23H2,1H3/t29-,30-,31+,32-,33?,34-/m1/s1. The van der Waals surface area contributed by atoms with Gasteiger partial charge in [-0.2, -0.15) is 0 Å². The van der Waals surface area contributed by atoms with Gasteiger partial charge in [-0.25, -0.2) is 0 Å². The molecule has 0 aliphatic carbocycles. The first kappa shape index (κ1) is 27.4. The van der Waals surface area contributed by atoms with Crippen LogP contribution < -0.4 is 9.47 Å². The van der Waals surface area contributed by atoms with Gasteiger partial charge in [-0.1, -0.05) is 91.0 Å². The molecule has 0 spiro atoms. The summed E-state index contributed by atoms with van der Waals surface area (Å²) >= 11 is 0. The molecule has 2 aliphatic heterocycles. The van der Waals surface area contributed by atoms with Gasteiger partial charge in [-0.3, -0.25) is 0 Å². The van der Waals surface area contributed by atoms with Crippen LogP contribution in [0.2, 0.25) is 0 Å². The lowest BCUT2D eigenvalue weighted by Crippen LogP contribution is -2.64. The second-order valence-electron chi connectivity index (χ2n) is 10.0. The summed E-state index contributed by atoms with van der Waals surface area (Å²) < 4.78 is 44.1. The van der Waals surface area contributed by atoms with E-state index in [1.807, 2.05) is 115 Å². The molecule has 212 valence electrons. The summed E-state index contributed by atoms with van der Waals surface area (Å²) in [5.74, 6) is 1.37. The highest BCUT2D eigenvalue weighted by Gasteiger charge is 2.52. The van der Waals surface area contributed by atoms with E-state index in [0.29, 0.717) is 25.6 Å². The van der Waals surface area contributed by atoms with Crippen molar-refractivity contribution in [3.63, 3.8) is 0 Å². The topological polar surface area (TPSA) is 64.6 Å². The van der Waals surface area contributed by atoms with Crippen molar-refractivity contribution in [2.45, 2.75) is 50.2 Å². The molecule has 41 heavy (non-hydrogen) atoms. The SMILES string of the molecule is COc1ccc(O[C@@H]2O[C@@H]3COC(c4ccccc4)O[C@H]3[C@H](OCc3ccccc3)[C@H]2OCc2ccccc2)cc1. The molecule has 0 N–H and O–H groups in total. The molecule has 6 rings (SSSR count). The highest BCUT2D eigenvalue weighted by Crippen LogP contribution is 2.38. The third-order valence-electron chi connectivity index (χ3n) is 7.24. The van der Waals surface area contributed by atoms with Gasteiger partial charge in [0.25, 0.3) is 0 Å². The molecule has 2 heterocycles. The lowest BCUT2D eigenvalue weighted by atomic mass is 9.97. The molecular weight excluding hydrogens is 520 g/mol. The lowest BCUT2D eigenvalue weighted by molar-refractivity contribution is -0.361. The average molecular weight is 555 g/mol. The van der Waals surface area contributed by atoms with Crippen molar-refractivity contribution in [2.75, 3.05) is 13.7 Å². The van der Waals surface area contributed by atoms with E-state index in [1.54, 1.807) is 7.11 Å². The fourth-order valence-corrected chi connectivity index (χ4v) is 5.11. The summed E-state index contributed by atoms with van der Waals surface area (Å²) in [5.41, 5.74) is 3.03. The maximum absolute atomic E-state index is 6.64. The predicted octanol–water partition coefficient (Wildman–Crippen LogP) is 6.08. The molecule has 0 bridgehead atoms. The van der Waals surface area contributed by atoms with Crippen molar-refractivity contribution < 1.29 is 33.2 Å². The van der Waals surface area contributed by atoms with Crippen molar-refractivity contribution in [2.24, 2.45) is 0 Å². The Balaban J connectivity index is 1.30. The van der Waals surface area contributed by atoms with E-state index < -0.39 is 37.0 Å². The minimum Gasteiger partial charge on any atom is -0.497 e. The van der Waals surface area contributed by atoms with Gasteiger partial charge in [0.2, 0.25) is 6.29 Å². The van der Waals surface area contributed by atoms with Gasteiger partial charge in [0.1, 0.15) is 35.9 Å². The summed E-state index contributed by atoms with van der Waals surface area (Å²) in [7, 11) is 1.63. The molecule has 2 fully saturated rings. The van der Waals surface area contributed by atoms with Crippen molar-refractivity contribution in [3.05, 3.63) is 132 Å². The normalized spacial score (nSPS) is 25.7. The highest BCUT2D eigenvalue weighted by atomic mass is 16.8. The zero-order valence-corrected chi connectivity index (χ0v) is 22.9. The number of ether oxygens (including phenoxy) is 7. The summed E-state index contributed by atoms with van der Waals surface area (Å²) in [6.45, 7) is 1.07. The van der Waals surface area contributed by atoms with E-state index >= 15 is 0 Å². The van der Waals surface area contributed by atoms with Gasteiger partial charge in [0, 0.05) is 5.56 Å². The number of methoxy groups -OCH3 is 1. The minimum atomic E-state index is -0.769. The van der Waals surface area contributed by atoms with E-state index in [9.17, 15) is 0 Å². The van der Waals surface area contributed by atoms with Crippen LogP contribution in [-0.2, 0) is 36.9 Å². The quantitative estimate of drug-likeness (QED) is 0.235. The van der Waals surface area contributed by atoms with E-state index in [-0.39, 0.29) is 0 Å². The Hall–Kier alpha value is -3.72. The molecule has 2 aliphatic rings. The highest BCUT2D eigenvalue weighted by molar-refractivity contribution is 5.31. The van der Waals surface area contributed by atoms with Gasteiger partial charge in [-0.15, -0.1) is 0 Å². The van der Waals surface area contributed by atoms with Gasteiger partial charge in [0.05, 0.1) is 26.9 Å². The second kappa shape index (κ2) is 13.3. The van der Waals surface area contributed by atoms with Crippen LogP contribution in [0.4, 0.5) is 0 Å². The average Bonchev–Trinajstić information content (AvgIpc) is 3.04. The van der Waals surface area contributed by atoms with Gasteiger partial charge in [-0.05, 0) is 35.4 Å². The molecule has 4 aromatic rings. The first-order chi connectivity index (χ1) is 20.3. The largest absolute Gasteiger partial charge is 0.497 e. The Morgan fingerprint density at radius 1 is 0.634 bits per heavy atom. The molecule has 2 saturated heterocycles. The van der Waals surface area contributed by atoms with Crippen LogP contribution in [0, 0.1) is 0 Å². The summed E-state index contributed by atoms with van der Waals surface area (Å²) in [4.78, 5) is 0. The molecule has 1 unspecified atom stereocenters. The van der Waals surface area contributed by atoms with E-state index in [0.717, 1.165) is 22.4 Å². The Labute approximate surface area is 240 Å². The van der Waals surface area contributed by atoms with Crippen LogP contribution in [0.25, 0.3) is 0 Å². The van der Waals surface area contributed by atoms with E-state index in [4.69, 9.17) is 33.2 Å². The molecule has 4 aromatic carbocycles. The van der Waals surface area contributed by atoms with Crippen LogP contribution in [0.1, 0.15) is 23.0 Å². The number of hydrogen-bond acceptors (Lipinski definition) is 7. The minimum absolute atomic E-state index is 0.323. The third kappa shape index (κ3) is 6.78. The van der Waals surface area contributed by atoms with Gasteiger partial charge in [0.15, 0.2) is 6.29 Å². The van der Waals surface area contributed by atoms with Crippen molar-refractivity contribution in [1.82, 2.24) is 0 Å². The Bertz CT molecular complexity index is 1330. The maximum Gasteiger partial charge on any atom is 0.229 e. The zero-order valence-electron chi connectivity index (χ0n) is 22.9. The maximum atomic E-state index is 6.64. The first-order valence-electron chi connectivity index (χ1n) is 13.9. The van der Waals surface area contributed by atoms with Crippen molar-refractivity contribution in [1.29, 1.82) is 0 Å². The number of fused-ring (bicyclic) bond motifs is 1. The molecule has 7 heteroatoms. The fourth-order valence-electron chi connectivity index (χ4n) is 5.11. The third-order valence-corrected chi connectivity index (χ3v) is 7.24. The predicted molar refractivity (Wildman–Crippen MR) is 152 cm³/mol. The number of hydrogen-bond donors (Lipinski definition) is 0. The lowest BCUT2D eigenvalue weighted by Gasteiger charge is -2.48. The van der Waals surface area contributed by atoms with E-state index in [1.165, 1.54) is 0 Å². The molecular formula is C34H34O7. The van der Waals surface area contributed by atoms with Crippen molar-refractivity contribution >= 4 is 0 Å². The second-order valence-corrected chi connectivity index (χ2v) is 10.0. The number of rotatable bonds is 10. The smallest absolute Gasteiger partial charge is 0.229 e. The molecule has 0 amide bonds. The van der Waals surface area contributed by atoms with Gasteiger partial charge < -0.3 is 33.2 Å². The van der Waals surface area contributed by atoms with Crippen LogP contribution in [-0.4, -0.2) is 44.4 Å². The summed E-state index contributed by atoms with van der Waals surface area (Å²) in [6.07, 6.45) is -3.29. The van der Waals surface area contributed by atoms with Crippen LogP contribution >= 0.6 is 0 Å². The van der Waals surface area contributed by atoms with Crippen LogP contribution in [0.15, 0.2) is 115 Å². The molecule has 0 radical (unpaired) electrons. The molecule has 0 saturated carbocycles. The molecule has 0 aromatic heterocycles. The first-order valence-corrected chi connectivity index (χ1v) is 13.9. The number of benzene rings is 4. The van der Waals surface area contributed by atoms with Crippen LogP contribution in [0.5, 0.6) is 11.5 Å². The van der Waals surface area contributed by atoms with E-state index in [2.05, 4.69) is 0 Å². The fraction of sp³-hybridized carbons (Fsp3) is 0.294. The Morgan fingerprint density at radius 2 is 1.20 bits per heavy atom. The van der Waals surface area contributed by atoms with Crippen LogP contribution in [0.3, 0.4) is 0 Å². The summed E-state index contributed by atoms with van der Waals surface area (Å²) in [6, 6.07) is 37.4. The zero-order chi connectivity index (χ0) is 27.9. The Morgan fingerprint density at radius 3 is 1.80 bits per heavy atom. The van der Waals surface area contributed by atoms with Crippen molar-refractivity contribution in [3.8, 4) is 11.5 Å². The molecule has 7 nitrogen and oxygen atoms in total. The monoisotopic (exact) mass is 554 g/mol. The molecule has 6 atom stereocenters. The summed E-state index contributed by atoms with van der Waals surface area (Å²) in [5, 5.41) is 0. The van der Waals surface area contributed by atoms with Gasteiger partial charge >= 0.3 is 0 Å².